The second-order valence-corrected chi connectivity index (χ2v) is 7.01. The van der Waals surface area contributed by atoms with Crippen LogP contribution < -0.4 is 0 Å². The number of rotatable bonds is 2. The fraction of sp³-hybridized carbons (Fsp3) is 0.550. The zero-order chi connectivity index (χ0) is 16.3. The van der Waals surface area contributed by atoms with E-state index in [0.29, 0.717) is 0 Å². The first-order chi connectivity index (χ1) is 10.4. The standard InChI is InChI=1S/C20H28O2/c1-13(2)10-16-11-17(12-21)18-9-8-14(3)6-5-7-15(4)19(18)20(16)22/h6,10-12,16,18-20,22H,4-5,7-9H2,1-3H3/b14-6-/t16-,18-,19+,20+/m1/s1. The van der Waals surface area contributed by atoms with Crippen molar-refractivity contribution in [3.63, 3.8) is 0 Å². The summed E-state index contributed by atoms with van der Waals surface area (Å²) in [6, 6.07) is 0. The van der Waals surface area contributed by atoms with E-state index in [1.807, 2.05) is 19.9 Å². The lowest BCUT2D eigenvalue weighted by atomic mass is 9.67. The van der Waals surface area contributed by atoms with Crippen LogP contribution in [0.4, 0.5) is 0 Å². The van der Waals surface area contributed by atoms with Crippen LogP contribution in [0, 0.1) is 17.8 Å². The van der Waals surface area contributed by atoms with Gasteiger partial charge in [0.05, 0.1) is 6.10 Å². The molecular weight excluding hydrogens is 272 g/mol. The number of aliphatic hydroxyl groups is 1. The molecule has 0 aromatic rings. The molecule has 0 aromatic carbocycles. The summed E-state index contributed by atoms with van der Waals surface area (Å²) in [5.41, 5.74) is 4.46. The molecule has 0 radical (unpaired) electrons. The summed E-state index contributed by atoms with van der Waals surface area (Å²) < 4.78 is 0. The monoisotopic (exact) mass is 300 g/mol. The Labute approximate surface area is 134 Å². The molecule has 0 amide bonds. The van der Waals surface area contributed by atoms with Gasteiger partial charge in [-0.1, -0.05) is 41.5 Å². The van der Waals surface area contributed by atoms with Crippen molar-refractivity contribution >= 4 is 6.29 Å². The van der Waals surface area contributed by atoms with Gasteiger partial charge in [0.25, 0.3) is 0 Å². The number of aldehydes is 1. The highest BCUT2D eigenvalue weighted by Crippen LogP contribution is 2.42. The first kappa shape index (κ1) is 17.0. The van der Waals surface area contributed by atoms with Gasteiger partial charge in [0.2, 0.25) is 0 Å². The van der Waals surface area contributed by atoms with Gasteiger partial charge in [0, 0.05) is 11.8 Å². The molecule has 2 nitrogen and oxygen atoms in total. The van der Waals surface area contributed by atoms with Gasteiger partial charge in [0.15, 0.2) is 0 Å². The molecule has 2 aliphatic carbocycles. The second-order valence-electron chi connectivity index (χ2n) is 7.01. The summed E-state index contributed by atoms with van der Waals surface area (Å²) in [5, 5.41) is 10.9. The first-order valence-corrected chi connectivity index (χ1v) is 8.27. The molecule has 2 aliphatic rings. The molecular formula is C20H28O2. The Morgan fingerprint density at radius 2 is 2.09 bits per heavy atom. The molecule has 0 bridgehead atoms. The molecule has 2 rings (SSSR count). The van der Waals surface area contributed by atoms with Crippen LogP contribution in [-0.4, -0.2) is 17.5 Å². The summed E-state index contributed by atoms with van der Waals surface area (Å²) in [6.07, 6.45) is 10.6. The maximum atomic E-state index is 11.6. The minimum absolute atomic E-state index is 0.00917. The molecule has 0 spiro atoms. The third-order valence-corrected chi connectivity index (χ3v) is 4.95. The van der Waals surface area contributed by atoms with E-state index < -0.39 is 6.10 Å². The van der Waals surface area contributed by atoms with Crippen LogP contribution in [0.3, 0.4) is 0 Å². The molecule has 0 fully saturated rings. The summed E-state index contributed by atoms with van der Waals surface area (Å²) in [5.74, 6) is 0.00590. The average molecular weight is 300 g/mol. The summed E-state index contributed by atoms with van der Waals surface area (Å²) in [6.45, 7) is 10.5. The van der Waals surface area contributed by atoms with E-state index in [4.69, 9.17) is 0 Å². The lowest BCUT2D eigenvalue weighted by molar-refractivity contribution is -0.106. The normalized spacial score (nSPS) is 35.0. The Bertz CT molecular complexity index is 532. The second kappa shape index (κ2) is 7.23. The van der Waals surface area contributed by atoms with Gasteiger partial charge in [-0.05, 0) is 57.9 Å². The van der Waals surface area contributed by atoms with Crippen LogP contribution in [0.15, 0.2) is 47.1 Å². The van der Waals surface area contributed by atoms with Gasteiger partial charge in [-0.25, -0.2) is 0 Å². The van der Waals surface area contributed by atoms with Gasteiger partial charge in [-0.2, -0.15) is 0 Å². The predicted octanol–water partition coefficient (Wildman–Crippen LogP) is 4.38. The minimum Gasteiger partial charge on any atom is -0.392 e. The molecule has 0 saturated carbocycles. The first-order valence-electron chi connectivity index (χ1n) is 8.27. The van der Waals surface area contributed by atoms with Gasteiger partial charge >= 0.3 is 0 Å². The fourth-order valence-corrected chi connectivity index (χ4v) is 3.82. The van der Waals surface area contributed by atoms with Crippen molar-refractivity contribution in [1.29, 1.82) is 0 Å². The number of fused-ring (bicyclic) bond motifs is 1. The van der Waals surface area contributed by atoms with Crippen LogP contribution in [0.5, 0.6) is 0 Å². The number of carbonyl (C=O) groups excluding carboxylic acids is 1. The van der Waals surface area contributed by atoms with Crippen molar-refractivity contribution in [3.8, 4) is 0 Å². The third-order valence-electron chi connectivity index (χ3n) is 4.95. The van der Waals surface area contributed by atoms with Crippen LogP contribution in [-0.2, 0) is 4.79 Å². The van der Waals surface area contributed by atoms with Crippen LogP contribution in [0.2, 0.25) is 0 Å². The van der Waals surface area contributed by atoms with Gasteiger partial charge in [-0.15, -0.1) is 0 Å². The Balaban J connectivity index is 2.41. The van der Waals surface area contributed by atoms with Crippen molar-refractivity contribution in [2.75, 3.05) is 0 Å². The van der Waals surface area contributed by atoms with Crippen LogP contribution >= 0.6 is 0 Å². The Hall–Kier alpha value is -1.41. The van der Waals surface area contributed by atoms with Crippen molar-refractivity contribution in [2.24, 2.45) is 17.8 Å². The predicted molar refractivity (Wildman–Crippen MR) is 91.4 cm³/mol. The SMILES string of the molecule is C=C1CC/C=C(/C)CC[C@@H]2C(C=O)=C[C@@H](C=C(C)C)[C@H](O)[C@@H]12. The van der Waals surface area contributed by atoms with E-state index >= 15 is 0 Å². The van der Waals surface area contributed by atoms with Gasteiger partial charge < -0.3 is 5.11 Å². The highest BCUT2D eigenvalue weighted by molar-refractivity contribution is 5.75. The third kappa shape index (κ3) is 3.67. The summed E-state index contributed by atoms with van der Waals surface area (Å²) in [4.78, 5) is 11.6. The van der Waals surface area contributed by atoms with E-state index in [9.17, 15) is 9.90 Å². The zero-order valence-corrected chi connectivity index (χ0v) is 14.0. The molecule has 2 heteroatoms. The van der Waals surface area contributed by atoms with Gasteiger partial charge in [0.1, 0.15) is 6.29 Å². The van der Waals surface area contributed by atoms with E-state index in [0.717, 1.165) is 48.7 Å². The quantitative estimate of drug-likeness (QED) is 0.607. The Morgan fingerprint density at radius 1 is 1.36 bits per heavy atom. The Kier molecular flexibility index (Phi) is 5.57. The fourth-order valence-electron chi connectivity index (χ4n) is 3.82. The molecule has 0 saturated heterocycles. The molecule has 0 aliphatic heterocycles. The highest BCUT2D eigenvalue weighted by Gasteiger charge is 2.39. The molecule has 0 aromatic heterocycles. The van der Waals surface area contributed by atoms with Gasteiger partial charge in [-0.3, -0.25) is 4.79 Å². The zero-order valence-electron chi connectivity index (χ0n) is 14.0. The van der Waals surface area contributed by atoms with Crippen molar-refractivity contribution in [1.82, 2.24) is 0 Å². The van der Waals surface area contributed by atoms with Crippen molar-refractivity contribution in [3.05, 3.63) is 47.1 Å². The molecule has 120 valence electrons. The topological polar surface area (TPSA) is 37.3 Å². The maximum Gasteiger partial charge on any atom is 0.146 e. The highest BCUT2D eigenvalue weighted by atomic mass is 16.3. The molecule has 0 unspecified atom stereocenters. The lowest BCUT2D eigenvalue weighted by Gasteiger charge is -2.39. The number of aliphatic hydroxyl groups excluding tert-OH is 1. The average Bonchev–Trinajstić information content (AvgIpc) is 2.52. The maximum absolute atomic E-state index is 11.6. The number of allylic oxidation sites excluding steroid dienone is 4. The summed E-state index contributed by atoms with van der Waals surface area (Å²) >= 11 is 0. The number of carbonyl (C=O) groups is 1. The van der Waals surface area contributed by atoms with Crippen LogP contribution in [0.1, 0.15) is 46.5 Å². The minimum atomic E-state index is -0.477. The number of hydrogen-bond acceptors (Lipinski definition) is 2. The van der Waals surface area contributed by atoms with Crippen molar-refractivity contribution in [2.45, 2.75) is 52.6 Å². The lowest BCUT2D eigenvalue weighted by Crippen LogP contribution is -2.39. The smallest absolute Gasteiger partial charge is 0.146 e. The Morgan fingerprint density at radius 3 is 2.73 bits per heavy atom. The molecule has 0 heterocycles. The molecule has 1 N–H and O–H groups in total. The van der Waals surface area contributed by atoms with E-state index in [-0.39, 0.29) is 17.8 Å². The largest absolute Gasteiger partial charge is 0.392 e. The van der Waals surface area contributed by atoms with Crippen LogP contribution in [0.25, 0.3) is 0 Å². The molecule has 4 atom stereocenters. The van der Waals surface area contributed by atoms with Crippen molar-refractivity contribution < 1.29 is 9.90 Å². The summed E-state index contributed by atoms with van der Waals surface area (Å²) in [7, 11) is 0. The van der Waals surface area contributed by atoms with E-state index in [2.05, 4.69) is 25.7 Å². The van der Waals surface area contributed by atoms with E-state index in [1.165, 1.54) is 5.57 Å². The molecule has 22 heavy (non-hydrogen) atoms. The number of hydrogen-bond donors (Lipinski definition) is 1. The van der Waals surface area contributed by atoms with E-state index in [1.54, 1.807) is 0 Å².